The summed E-state index contributed by atoms with van der Waals surface area (Å²) in [6.45, 7) is 4.50. The molecule has 3 heteroatoms. The third-order valence-corrected chi connectivity index (χ3v) is 3.75. The summed E-state index contributed by atoms with van der Waals surface area (Å²) < 4.78 is 0. The first-order chi connectivity index (χ1) is 4.77. The van der Waals surface area contributed by atoms with Gasteiger partial charge in [0, 0.05) is 23.1 Å². The Morgan fingerprint density at radius 1 is 1.30 bits per heavy atom. The predicted molar refractivity (Wildman–Crippen MR) is 45.2 cm³/mol. The average molecular weight is 158 g/mol. The van der Waals surface area contributed by atoms with Crippen LogP contribution in [0.15, 0.2) is 0 Å². The summed E-state index contributed by atoms with van der Waals surface area (Å²) in [6.07, 6.45) is 0.526. The Hall–Kier alpha value is 0.270. The van der Waals surface area contributed by atoms with Gasteiger partial charge in [0.1, 0.15) is 0 Å². The zero-order chi connectivity index (χ0) is 7.14. The Labute approximate surface area is 66.1 Å². The molecule has 10 heavy (non-hydrogen) atoms. The van der Waals surface area contributed by atoms with Gasteiger partial charge in [-0.1, -0.05) is 6.92 Å². The van der Waals surface area contributed by atoms with Gasteiger partial charge in [0.05, 0.1) is 6.17 Å². The van der Waals surface area contributed by atoms with Crippen molar-refractivity contribution in [1.29, 1.82) is 0 Å². The fourth-order valence-electron chi connectivity index (χ4n) is 1.85. The van der Waals surface area contributed by atoms with E-state index < -0.39 is 0 Å². The molecule has 2 aliphatic heterocycles. The first-order valence-corrected chi connectivity index (χ1v) is 4.96. The van der Waals surface area contributed by atoms with Crippen molar-refractivity contribution in [3.8, 4) is 0 Å². The highest BCUT2D eigenvalue weighted by atomic mass is 32.2. The molecule has 0 radical (unpaired) electrons. The smallest absolute Gasteiger partial charge is 0.0548 e. The Balaban J connectivity index is 2.05. The molecule has 2 nitrogen and oxygen atoms in total. The summed E-state index contributed by atoms with van der Waals surface area (Å²) in [5.74, 6) is 1.28. The highest BCUT2D eigenvalue weighted by Gasteiger charge is 2.39. The van der Waals surface area contributed by atoms with Crippen molar-refractivity contribution in [3.05, 3.63) is 0 Å². The van der Waals surface area contributed by atoms with Gasteiger partial charge in [-0.3, -0.25) is 10.6 Å². The molecule has 0 amide bonds. The fourth-order valence-corrected chi connectivity index (χ4v) is 3.14. The minimum Gasteiger partial charge on any atom is -0.297 e. The summed E-state index contributed by atoms with van der Waals surface area (Å²) in [7, 11) is 0. The van der Waals surface area contributed by atoms with E-state index in [1.165, 1.54) is 5.75 Å². The van der Waals surface area contributed by atoms with Crippen molar-refractivity contribution >= 4 is 11.8 Å². The third kappa shape index (κ3) is 0.966. The van der Waals surface area contributed by atoms with Crippen molar-refractivity contribution in [1.82, 2.24) is 10.6 Å². The first-order valence-electron chi connectivity index (χ1n) is 3.91. The molecule has 0 aromatic heterocycles. The summed E-state index contributed by atoms with van der Waals surface area (Å²) in [5.41, 5.74) is 0. The molecule has 2 heterocycles. The molecule has 4 unspecified atom stereocenters. The number of hydrogen-bond acceptors (Lipinski definition) is 3. The van der Waals surface area contributed by atoms with Crippen molar-refractivity contribution in [3.63, 3.8) is 0 Å². The van der Waals surface area contributed by atoms with Crippen LogP contribution in [-0.2, 0) is 0 Å². The van der Waals surface area contributed by atoms with Crippen LogP contribution in [0, 0.1) is 0 Å². The minimum absolute atomic E-state index is 0.526. The molecule has 2 saturated heterocycles. The van der Waals surface area contributed by atoms with Gasteiger partial charge in [-0.15, -0.1) is 0 Å². The molecule has 0 spiro atoms. The quantitative estimate of drug-likeness (QED) is 0.533. The Morgan fingerprint density at radius 2 is 2.10 bits per heavy atom. The van der Waals surface area contributed by atoms with E-state index in [-0.39, 0.29) is 0 Å². The van der Waals surface area contributed by atoms with E-state index in [9.17, 15) is 0 Å². The SMILES string of the molecule is CC1NC2CSC(C)C2N1. The highest BCUT2D eigenvalue weighted by molar-refractivity contribution is 8.00. The lowest BCUT2D eigenvalue weighted by atomic mass is 10.1. The van der Waals surface area contributed by atoms with Crippen LogP contribution in [0.5, 0.6) is 0 Å². The van der Waals surface area contributed by atoms with Crippen LogP contribution < -0.4 is 10.6 Å². The van der Waals surface area contributed by atoms with Gasteiger partial charge in [0.15, 0.2) is 0 Å². The average Bonchev–Trinajstić information content (AvgIpc) is 2.35. The molecule has 2 fully saturated rings. The van der Waals surface area contributed by atoms with Crippen LogP contribution in [0.4, 0.5) is 0 Å². The van der Waals surface area contributed by atoms with E-state index in [1.807, 2.05) is 0 Å². The van der Waals surface area contributed by atoms with Crippen LogP contribution in [0.1, 0.15) is 13.8 Å². The second kappa shape index (κ2) is 2.40. The molecule has 2 N–H and O–H groups in total. The van der Waals surface area contributed by atoms with E-state index in [1.54, 1.807) is 0 Å². The van der Waals surface area contributed by atoms with Crippen LogP contribution in [0.3, 0.4) is 0 Å². The monoisotopic (exact) mass is 158 g/mol. The maximum atomic E-state index is 3.53. The molecule has 4 atom stereocenters. The van der Waals surface area contributed by atoms with Crippen molar-refractivity contribution in [2.45, 2.75) is 37.3 Å². The Bertz CT molecular complexity index is 140. The Morgan fingerprint density at radius 3 is 2.80 bits per heavy atom. The van der Waals surface area contributed by atoms with Gasteiger partial charge in [-0.2, -0.15) is 11.8 Å². The van der Waals surface area contributed by atoms with Crippen molar-refractivity contribution in [2.24, 2.45) is 0 Å². The Kier molecular flexibility index (Phi) is 1.66. The summed E-state index contributed by atoms with van der Waals surface area (Å²) in [6, 6.07) is 1.45. The molecule has 0 aromatic carbocycles. The standard InChI is InChI=1S/C7H14N2S/c1-4-7-6(3-10-4)8-5(2)9-7/h4-9H,3H2,1-2H3. The summed E-state index contributed by atoms with van der Waals surface area (Å²) in [4.78, 5) is 0. The minimum atomic E-state index is 0.526. The summed E-state index contributed by atoms with van der Waals surface area (Å²) in [5, 5.41) is 7.84. The lowest BCUT2D eigenvalue weighted by molar-refractivity contribution is 0.551. The molecule has 0 aromatic rings. The predicted octanol–water partition coefficient (Wildman–Crippen LogP) is 0.398. The van der Waals surface area contributed by atoms with Crippen molar-refractivity contribution in [2.75, 3.05) is 5.75 Å². The van der Waals surface area contributed by atoms with Gasteiger partial charge < -0.3 is 0 Å². The highest BCUT2D eigenvalue weighted by Crippen LogP contribution is 2.29. The van der Waals surface area contributed by atoms with E-state index in [4.69, 9.17) is 0 Å². The van der Waals surface area contributed by atoms with Gasteiger partial charge in [-0.05, 0) is 6.92 Å². The third-order valence-electron chi connectivity index (χ3n) is 2.38. The zero-order valence-corrected chi connectivity index (χ0v) is 7.24. The number of thioether (sulfide) groups is 1. The maximum Gasteiger partial charge on any atom is 0.0548 e. The second-order valence-electron chi connectivity index (χ2n) is 3.23. The number of rotatable bonds is 0. The van der Waals surface area contributed by atoms with Gasteiger partial charge in [0.2, 0.25) is 0 Å². The van der Waals surface area contributed by atoms with Crippen molar-refractivity contribution < 1.29 is 0 Å². The van der Waals surface area contributed by atoms with Crippen LogP contribution in [0.25, 0.3) is 0 Å². The first kappa shape index (κ1) is 6.95. The maximum absolute atomic E-state index is 3.53. The molecular formula is C7H14N2S. The largest absolute Gasteiger partial charge is 0.297 e. The van der Waals surface area contributed by atoms with Crippen LogP contribution >= 0.6 is 11.8 Å². The zero-order valence-electron chi connectivity index (χ0n) is 6.42. The molecule has 0 saturated carbocycles. The van der Waals surface area contributed by atoms with Gasteiger partial charge in [-0.25, -0.2) is 0 Å². The van der Waals surface area contributed by atoms with Gasteiger partial charge in [0.25, 0.3) is 0 Å². The second-order valence-corrected chi connectivity index (χ2v) is 4.64. The normalized spacial score (nSPS) is 53.4. The topological polar surface area (TPSA) is 24.1 Å². The van der Waals surface area contributed by atoms with Crippen LogP contribution in [-0.4, -0.2) is 29.3 Å². The van der Waals surface area contributed by atoms with E-state index in [0.717, 1.165) is 17.3 Å². The molecule has 2 rings (SSSR count). The summed E-state index contributed by atoms with van der Waals surface area (Å²) >= 11 is 2.07. The molecule has 0 bridgehead atoms. The molecular weight excluding hydrogens is 144 g/mol. The number of nitrogens with one attached hydrogen (secondary N) is 2. The lowest BCUT2D eigenvalue weighted by Gasteiger charge is -2.12. The number of hydrogen-bond donors (Lipinski definition) is 2. The van der Waals surface area contributed by atoms with E-state index in [2.05, 4.69) is 36.2 Å². The van der Waals surface area contributed by atoms with Crippen LogP contribution in [0.2, 0.25) is 0 Å². The van der Waals surface area contributed by atoms with E-state index >= 15 is 0 Å². The molecule has 0 aliphatic carbocycles. The molecule has 2 aliphatic rings. The van der Waals surface area contributed by atoms with Gasteiger partial charge >= 0.3 is 0 Å². The molecule has 58 valence electrons. The number of fused-ring (bicyclic) bond motifs is 1. The van der Waals surface area contributed by atoms with E-state index in [0.29, 0.717) is 6.17 Å². The lowest BCUT2D eigenvalue weighted by Crippen LogP contribution is -2.35. The fraction of sp³-hybridized carbons (Fsp3) is 1.00.